The number of halogens is 1. The van der Waals surface area contributed by atoms with Crippen molar-refractivity contribution in [2.45, 2.75) is 6.92 Å². The second kappa shape index (κ2) is 3.52. The third-order valence-corrected chi connectivity index (χ3v) is 3.04. The Morgan fingerprint density at radius 3 is 2.25 bits per heavy atom. The minimum absolute atomic E-state index is 0.924. The summed E-state index contributed by atoms with van der Waals surface area (Å²) in [6.45, 7) is 2.06. The lowest BCUT2D eigenvalue weighted by molar-refractivity contribution is 1.37. The number of nitrogens with zero attached hydrogens (tertiary/aromatic N) is 2. The van der Waals surface area contributed by atoms with Crippen LogP contribution < -0.4 is 0 Å². The van der Waals surface area contributed by atoms with Crippen LogP contribution in [-0.2, 0) is 0 Å². The minimum Gasteiger partial charge on any atom is -0.245 e. The SMILES string of the molecule is Cc1ccc2nc3ccc(Br)cc3nc2c1. The fourth-order valence-corrected chi connectivity index (χ4v) is 2.11. The largest absolute Gasteiger partial charge is 0.245 e. The summed E-state index contributed by atoms with van der Waals surface area (Å²) < 4.78 is 1.03. The summed E-state index contributed by atoms with van der Waals surface area (Å²) >= 11 is 3.44. The van der Waals surface area contributed by atoms with Crippen LogP contribution in [0.5, 0.6) is 0 Å². The second-order valence-electron chi connectivity index (χ2n) is 3.85. The summed E-state index contributed by atoms with van der Waals surface area (Å²) in [5.41, 5.74) is 4.95. The first kappa shape index (κ1) is 9.73. The van der Waals surface area contributed by atoms with E-state index in [0.29, 0.717) is 0 Å². The highest BCUT2D eigenvalue weighted by molar-refractivity contribution is 9.10. The Kier molecular flexibility index (Phi) is 2.14. The zero-order valence-corrected chi connectivity index (χ0v) is 10.3. The third-order valence-electron chi connectivity index (χ3n) is 2.55. The zero-order chi connectivity index (χ0) is 11.1. The highest BCUT2D eigenvalue weighted by Gasteiger charge is 2.01. The van der Waals surface area contributed by atoms with Crippen LogP contribution in [0.15, 0.2) is 40.9 Å². The van der Waals surface area contributed by atoms with Crippen molar-refractivity contribution in [2.24, 2.45) is 0 Å². The molecule has 1 heterocycles. The van der Waals surface area contributed by atoms with E-state index in [1.165, 1.54) is 5.56 Å². The van der Waals surface area contributed by atoms with Crippen LogP contribution in [0.3, 0.4) is 0 Å². The monoisotopic (exact) mass is 272 g/mol. The molecular formula is C13H9BrN2. The molecule has 3 heteroatoms. The van der Waals surface area contributed by atoms with Gasteiger partial charge in [-0.3, -0.25) is 0 Å². The third kappa shape index (κ3) is 1.57. The summed E-state index contributed by atoms with van der Waals surface area (Å²) in [4.78, 5) is 9.18. The van der Waals surface area contributed by atoms with Gasteiger partial charge in [0.15, 0.2) is 0 Å². The van der Waals surface area contributed by atoms with E-state index < -0.39 is 0 Å². The number of rotatable bonds is 0. The lowest BCUT2D eigenvalue weighted by Crippen LogP contribution is -1.87. The maximum absolute atomic E-state index is 4.61. The van der Waals surface area contributed by atoms with Gasteiger partial charge in [-0.2, -0.15) is 0 Å². The van der Waals surface area contributed by atoms with Gasteiger partial charge in [0, 0.05) is 4.47 Å². The molecule has 0 atom stereocenters. The van der Waals surface area contributed by atoms with Gasteiger partial charge in [-0.1, -0.05) is 22.0 Å². The molecule has 0 radical (unpaired) electrons. The molecule has 0 spiro atoms. The number of benzene rings is 2. The average molecular weight is 273 g/mol. The van der Waals surface area contributed by atoms with Crippen molar-refractivity contribution < 1.29 is 0 Å². The number of aromatic nitrogens is 2. The molecule has 0 amide bonds. The van der Waals surface area contributed by atoms with Gasteiger partial charge in [0.2, 0.25) is 0 Å². The minimum atomic E-state index is 0.924. The maximum atomic E-state index is 4.61. The molecule has 3 rings (SSSR count). The van der Waals surface area contributed by atoms with Crippen molar-refractivity contribution >= 4 is 38.0 Å². The van der Waals surface area contributed by atoms with Crippen LogP contribution in [0.2, 0.25) is 0 Å². The number of aryl methyl sites for hydroxylation is 1. The molecule has 0 aliphatic carbocycles. The van der Waals surface area contributed by atoms with E-state index in [-0.39, 0.29) is 0 Å². The van der Waals surface area contributed by atoms with Crippen LogP contribution in [0.1, 0.15) is 5.56 Å². The molecule has 1 aromatic heterocycles. The number of fused-ring (bicyclic) bond motifs is 2. The highest BCUT2D eigenvalue weighted by Crippen LogP contribution is 2.20. The maximum Gasteiger partial charge on any atom is 0.0905 e. The molecule has 0 N–H and O–H groups in total. The summed E-state index contributed by atoms with van der Waals surface area (Å²) in [5.74, 6) is 0. The molecule has 0 aliphatic heterocycles. The molecule has 78 valence electrons. The summed E-state index contributed by atoms with van der Waals surface area (Å²) in [6, 6.07) is 12.1. The van der Waals surface area contributed by atoms with E-state index in [9.17, 15) is 0 Å². The average Bonchev–Trinajstić information content (AvgIpc) is 2.26. The molecule has 3 aromatic rings. The topological polar surface area (TPSA) is 25.8 Å². The van der Waals surface area contributed by atoms with Crippen molar-refractivity contribution in [3.63, 3.8) is 0 Å². The normalized spacial score (nSPS) is 11.1. The summed E-state index contributed by atoms with van der Waals surface area (Å²) in [7, 11) is 0. The molecule has 0 unspecified atom stereocenters. The Bertz CT molecular complexity index is 635. The first-order valence-electron chi connectivity index (χ1n) is 5.06. The molecule has 0 aliphatic rings. The second-order valence-corrected chi connectivity index (χ2v) is 4.76. The molecule has 0 saturated carbocycles. The Morgan fingerprint density at radius 2 is 1.44 bits per heavy atom. The molecule has 0 saturated heterocycles. The van der Waals surface area contributed by atoms with Crippen molar-refractivity contribution in [1.29, 1.82) is 0 Å². The van der Waals surface area contributed by atoms with Gasteiger partial charge in [0.05, 0.1) is 22.1 Å². The Morgan fingerprint density at radius 1 is 0.812 bits per heavy atom. The first-order valence-corrected chi connectivity index (χ1v) is 5.85. The van der Waals surface area contributed by atoms with Gasteiger partial charge in [0.1, 0.15) is 0 Å². The molecule has 16 heavy (non-hydrogen) atoms. The summed E-state index contributed by atoms with van der Waals surface area (Å²) in [6.07, 6.45) is 0. The van der Waals surface area contributed by atoms with Crippen molar-refractivity contribution in [3.05, 3.63) is 46.4 Å². The van der Waals surface area contributed by atoms with Crippen LogP contribution in [0, 0.1) is 6.92 Å². The smallest absolute Gasteiger partial charge is 0.0905 e. The van der Waals surface area contributed by atoms with Gasteiger partial charge < -0.3 is 0 Å². The quantitative estimate of drug-likeness (QED) is 0.581. The zero-order valence-electron chi connectivity index (χ0n) is 8.74. The van der Waals surface area contributed by atoms with Gasteiger partial charge >= 0.3 is 0 Å². The Balaban J connectivity index is 2.44. The molecular weight excluding hydrogens is 264 g/mol. The molecule has 2 aromatic carbocycles. The lowest BCUT2D eigenvalue weighted by Gasteiger charge is -2.02. The van der Waals surface area contributed by atoms with Gasteiger partial charge in [-0.25, -0.2) is 9.97 Å². The first-order chi connectivity index (χ1) is 7.72. The van der Waals surface area contributed by atoms with Gasteiger partial charge in [0.25, 0.3) is 0 Å². The fourth-order valence-electron chi connectivity index (χ4n) is 1.76. The fraction of sp³-hybridized carbons (Fsp3) is 0.0769. The van der Waals surface area contributed by atoms with E-state index >= 15 is 0 Å². The van der Waals surface area contributed by atoms with Crippen molar-refractivity contribution in [2.75, 3.05) is 0 Å². The van der Waals surface area contributed by atoms with Crippen LogP contribution in [0.4, 0.5) is 0 Å². The lowest BCUT2D eigenvalue weighted by atomic mass is 10.2. The molecule has 0 bridgehead atoms. The Hall–Kier alpha value is -1.48. The van der Waals surface area contributed by atoms with E-state index in [2.05, 4.69) is 45.0 Å². The van der Waals surface area contributed by atoms with Crippen molar-refractivity contribution in [1.82, 2.24) is 9.97 Å². The highest BCUT2D eigenvalue weighted by atomic mass is 79.9. The van der Waals surface area contributed by atoms with Crippen molar-refractivity contribution in [3.8, 4) is 0 Å². The van der Waals surface area contributed by atoms with E-state index in [0.717, 1.165) is 26.5 Å². The molecule has 0 fully saturated rings. The van der Waals surface area contributed by atoms with Crippen LogP contribution in [-0.4, -0.2) is 9.97 Å². The molecule has 2 nitrogen and oxygen atoms in total. The Labute approximate surface area is 101 Å². The number of hydrogen-bond donors (Lipinski definition) is 0. The van der Waals surface area contributed by atoms with Crippen LogP contribution >= 0.6 is 15.9 Å². The predicted octanol–water partition coefficient (Wildman–Crippen LogP) is 3.85. The van der Waals surface area contributed by atoms with E-state index in [4.69, 9.17) is 0 Å². The van der Waals surface area contributed by atoms with Gasteiger partial charge in [-0.15, -0.1) is 0 Å². The van der Waals surface area contributed by atoms with Crippen LogP contribution in [0.25, 0.3) is 22.1 Å². The predicted molar refractivity (Wildman–Crippen MR) is 69.5 cm³/mol. The standard InChI is InChI=1S/C13H9BrN2/c1-8-2-4-10-12(6-8)16-13-7-9(14)3-5-11(13)15-10/h2-7H,1H3. The van der Waals surface area contributed by atoms with E-state index in [1.807, 2.05) is 24.3 Å². The number of hydrogen-bond acceptors (Lipinski definition) is 2. The van der Waals surface area contributed by atoms with E-state index in [1.54, 1.807) is 0 Å². The van der Waals surface area contributed by atoms with Gasteiger partial charge in [-0.05, 0) is 42.8 Å². The summed E-state index contributed by atoms with van der Waals surface area (Å²) in [5, 5.41) is 0.